The van der Waals surface area contributed by atoms with E-state index in [-0.39, 0.29) is 0 Å². The maximum absolute atomic E-state index is 8.74. The standard InChI is InChI=1S/C17H12N4S/c18-11-14-6-4-13(5-7-14)3-1-2-9-19-16-15-8-10-22-17(15)21-12-20-16/h4-8,10,12H,2,9H2,(H,19,20,21). The minimum absolute atomic E-state index is 0.649. The van der Waals surface area contributed by atoms with Gasteiger partial charge in [0.05, 0.1) is 17.0 Å². The molecule has 1 N–H and O–H groups in total. The van der Waals surface area contributed by atoms with Gasteiger partial charge in [0, 0.05) is 18.5 Å². The molecule has 2 heterocycles. The number of nitriles is 1. The Morgan fingerprint density at radius 3 is 2.73 bits per heavy atom. The van der Waals surface area contributed by atoms with Gasteiger partial charge in [0.15, 0.2) is 0 Å². The monoisotopic (exact) mass is 304 g/mol. The number of anilines is 1. The third-order valence-electron chi connectivity index (χ3n) is 3.05. The van der Waals surface area contributed by atoms with Crippen LogP contribution in [0.15, 0.2) is 42.0 Å². The summed E-state index contributed by atoms with van der Waals surface area (Å²) >= 11 is 1.60. The second-order valence-electron chi connectivity index (χ2n) is 4.53. The van der Waals surface area contributed by atoms with Crippen LogP contribution in [0.5, 0.6) is 0 Å². The minimum atomic E-state index is 0.649. The van der Waals surface area contributed by atoms with Crippen molar-refractivity contribution in [2.45, 2.75) is 6.42 Å². The first-order valence-corrected chi connectivity index (χ1v) is 7.66. The molecule has 0 saturated carbocycles. The summed E-state index contributed by atoms with van der Waals surface area (Å²) in [5, 5.41) is 15.1. The molecule has 0 radical (unpaired) electrons. The fourth-order valence-electron chi connectivity index (χ4n) is 1.97. The molecular formula is C17H12N4S. The molecule has 0 spiro atoms. The zero-order valence-corrected chi connectivity index (χ0v) is 12.5. The van der Waals surface area contributed by atoms with Gasteiger partial charge in [-0.3, -0.25) is 0 Å². The van der Waals surface area contributed by atoms with Gasteiger partial charge in [-0.25, -0.2) is 9.97 Å². The molecule has 4 nitrogen and oxygen atoms in total. The summed E-state index contributed by atoms with van der Waals surface area (Å²) in [5.41, 5.74) is 1.57. The molecule has 1 aromatic carbocycles. The summed E-state index contributed by atoms with van der Waals surface area (Å²) in [6.45, 7) is 0.727. The van der Waals surface area contributed by atoms with Gasteiger partial charge in [-0.15, -0.1) is 11.3 Å². The number of hydrogen-bond acceptors (Lipinski definition) is 5. The molecule has 0 amide bonds. The molecule has 0 aliphatic rings. The zero-order chi connectivity index (χ0) is 15.2. The van der Waals surface area contributed by atoms with Gasteiger partial charge < -0.3 is 5.32 Å². The highest BCUT2D eigenvalue weighted by molar-refractivity contribution is 7.16. The number of thiophene rings is 1. The van der Waals surface area contributed by atoms with Crippen LogP contribution in [-0.4, -0.2) is 16.5 Å². The summed E-state index contributed by atoms with van der Waals surface area (Å²) in [5.74, 6) is 7.05. The van der Waals surface area contributed by atoms with Crippen LogP contribution < -0.4 is 5.32 Å². The topological polar surface area (TPSA) is 61.6 Å². The van der Waals surface area contributed by atoms with Crippen LogP contribution in [0.1, 0.15) is 17.5 Å². The van der Waals surface area contributed by atoms with E-state index < -0.39 is 0 Å². The SMILES string of the molecule is N#Cc1ccc(C#CCCNc2ncnc3sccc23)cc1. The lowest BCUT2D eigenvalue weighted by molar-refractivity contribution is 1.07. The van der Waals surface area contributed by atoms with Gasteiger partial charge in [-0.2, -0.15) is 5.26 Å². The van der Waals surface area contributed by atoms with E-state index in [1.54, 1.807) is 29.8 Å². The van der Waals surface area contributed by atoms with Gasteiger partial charge in [-0.05, 0) is 35.7 Å². The first-order chi connectivity index (χ1) is 10.9. The summed E-state index contributed by atoms with van der Waals surface area (Å²) in [6.07, 6.45) is 2.29. The van der Waals surface area contributed by atoms with Crippen molar-refractivity contribution in [2.75, 3.05) is 11.9 Å². The summed E-state index contributed by atoms with van der Waals surface area (Å²) < 4.78 is 0. The van der Waals surface area contributed by atoms with Crippen molar-refractivity contribution in [1.82, 2.24) is 9.97 Å². The highest BCUT2D eigenvalue weighted by Gasteiger charge is 2.02. The Labute approximate surface area is 132 Å². The number of rotatable bonds is 3. The quantitative estimate of drug-likeness (QED) is 0.595. The van der Waals surface area contributed by atoms with E-state index in [1.165, 1.54) is 0 Å². The van der Waals surface area contributed by atoms with E-state index in [2.05, 4.69) is 33.2 Å². The molecule has 106 valence electrons. The Morgan fingerprint density at radius 2 is 1.91 bits per heavy atom. The maximum atomic E-state index is 8.74. The Bertz CT molecular complexity index is 879. The van der Waals surface area contributed by atoms with Crippen LogP contribution in [0.4, 0.5) is 5.82 Å². The van der Waals surface area contributed by atoms with E-state index in [0.717, 1.165) is 34.6 Å². The maximum Gasteiger partial charge on any atom is 0.138 e. The van der Waals surface area contributed by atoms with Crippen LogP contribution in [0, 0.1) is 23.2 Å². The second-order valence-corrected chi connectivity index (χ2v) is 5.42. The molecule has 0 atom stereocenters. The van der Waals surface area contributed by atoms with Crippen LogP contribution in [0.3, 0.4) is 0 Å². The molecule has 2 aromatic heterocycles. The third-order valence-corrected chi connectivity index (χ3v) is 3.87. The van der Waals surface area contributed by atoms with E-state index >= 15 is 0 Å². The number of hydrogen-bond donors (Lipinski definition) is 1. The molecule has 3 aromatic rings. The van der Waals surface area contributed by atoms with Gasteiger partial charge in [0.2, 0.25) is 0 Å². The summed E-state index contributed by atoms with van der Waals surface area (Å²) in [4.78, 5) is 9.46. The third kappa shape index (κ3) is 3.22. The van der Waals surface area contributed by atoms with Gasteiger partial charge in [0.25, 0.3) is 0 Å². The number of fused-ring (bicyclic) bond motifs is 1. The average Bonchev–Trinajstić information content (AvgIpc) is 3.04. The van der Waals surface area contributed by atoms with Crippen molar-refractivity contribution < 1.29 is 0 Å². The minimum Gasteiger partial charge on any atom is -0.368 e. The number of aromatic nitrogens is 2. The second kappa shape index (κ2) is 6.71. The van der Waals surface area contributed by atoms with Crippen molar-refractivity contribution in [3.63, 3.8) is 0 Å². The lowest BCUT2D eigenvalue weighted by Gasteiger charge is -2.03. The molecule has 0 bridgehead atoms. The number of nitrogens with one attached hydrogen (secondary N) is 1. The fraction of sp³-hybridized carbons (Fsp3) is 0.118. The average molecular weight is 304 g/mol. The first kappa shape index (κ1) is 14.1. The zero-order valence-electron chi connectivity index (χ0n) is 11.7. The Balaban J connectivity index is 1.57. The van der Waals surface area contributed by atoms with Gasteiger partial charge in [0.1, 0.15) is 17.0 Å². The van der Waals surface area contributed by atoms with Gasteiger partial charge in [-0.1, -0.05) is 11.8 Å². The van der Waals surface area contributed by atoms with Crippen molar-refractivity contribution in [3.8, 4) is 17.9 Å². The van der Waals surface area contributed by atoms with Crippen molar-refractivity contribution in [3.05, 3.63) is 53.2 Å². The predicted molar refractivity (Wildman–Crippen MR) is 88.6 cm³/mol. The van der Waals surface area contributed by atoms with E-state index in [0.29, 0.717) is 5.56 Å². The molecule has 0 saturated heterocycles. The van der Waals surface area contributed by atoms with Crippen LogP contribution >= 0.6 is 11.3 Å². The largest absolute Gasteiger partial charge is 0.368 e. The smallest absolute Gasteiger partial charge is 0.138 e. The van der Waals surface area contributed by atoms with Crippen molar-refractivity contribution in [1.29, 1.82) is 5.26 Å². The molecule has 3 rings (SSSR count). The van der Waals surface area contributed by atoms with Crippen molar-refractivity contribution in [2.24, 2.45) is 0 Å². The highest BCUT2D eigenvalue weighted by Crippen LogP contribution is 2.23. The number of nitrogens with zero attached hydrogens (tertiary/aromatic N) is 3. The molecule has 0 fully saturated rings. The summed E-state index contributed by atoms with van der Waals surface area (Å²) in [6, 6.07) is 11.4. The molecule has 5 heteroatoms. The Kier molecular flexibility index (Phi) is 4.29. The normalized spacial score (nSPS) is 9.77. The molecule has 0 unspecified atom stereocenters. The Morgan fingerprint density at radius 1 is 1.09 bits per heavy atom. The molecule has 0 aliphatic carbocycles. The molecule has 0 aliphatic heterocycles. The van der Waals surface area contributed by atoms with E-state index in [4.69, 9.17) is 5.26 Å². The molecular weight excluding hydrogens is 292 g/mol. The van der Waals surface area contributed by atoms with Gasteiger partial charge >= 0.3 is 0 Å². The van der Waals surface area contributed by atoms with Crippen LogP contribution in [0.25, 0.3) is 10.2 Å². The highest BCUT2D eigenvalue weighted by atomic mass is 32.1. The van der Waals surface area contributed by atoms with Crippen molar-refractivity contribution >= 4 is 27.4 Å². The van der Waals surface area contributed by atoms with E-state index in [1.807, 2.05) is 23.6 Å². The fourth-order valence-corrected chi connectivity index (χ4v) is 2.70. The Hall–Kier alpha value is -2.89. The van der Waals surface area contributed by atoms with E-state index in [9.17, 15) is 0 Å². The van der Waals surface area contributed by atoms with Crippen LogP contribution in [-0.2, 0) is 0 Å². The molecule has 22 heavy (non-hydrogen) atoms. The summed E-state index contributed by atoms with van der Waals surface area (Å²) in [7, 11) is 0. The number of benzene rings is 1. The lowest BCUT2D eigenvalue weighted by Crippen LogP contribution is -2.02. The van der Waals surface area contributed by atoms with Crippen LogP contribution in [0.2, 0.25) is 0 Å². The predicted octanol–water partition coefficient (Wildman–Crippen LogP) is 3.42. The first-order valence-electron chi connectivity index (χ1n) is 6.78. The lowest BCUT2D eigenvalue weighted by atomic mass is 10.1.